The van der Waals surface area contributed by atoms with Gasteiger partial charge in [0.2, 0.25) is 0 Å². The molecule has 0 unspecified atom stereocenters. The van der Waals surface area contributed by atoms with Gasteiger partial charge < -0.3 is 4.90 Å². The van der Waals surface area contributed by atoms with Gasteiger partial charge in [-0.3, -0.25) is 4.40 Å². The van der Waals surface area contributed by atoms with Crippen LogP contribution in [0.1, 0.15) is 12.0 Å². The van der Waals surface area contributed by atoms with E-state index in [1.54, 1.807) is 0 Å². The number of imidazole rings is 1. The summed E-state index contributed by atoms with van der Waals surface area (Å²) in [6.07, 6.45) is 4.48. The molecule has 0 spiro atoms. The molecule has 0 bridgehead atoms. The van der Waals surface area contributed by atoms with Gasteiger partial charge in [0.25, 0.3) is 0 Å². The number of benzene rings is 2. The molecule has 2 aromatic carbocycles. The Labute approximate surface area is 160 Å². The molecule has 0 aliphatic heterocycles. The summed E-state index contributed by atoms with van der Waals surface area (Å²) in [5.74, 6) is 0. The molecular weight excluding hydrogens is 330 g/mol. The lowest BCUT2D eigenvalue weighted by atomic mass is 10.0. The van der Waals surface area contributed by atoms with Gasteiger partial charge in [-0.25, -0.2) is 4.98 Å². The van der Waals surface area contributed by atoms with Crippen molar-refractivity contribution in [3.63, 3.8) is 0 Å². The maximum atomic E-state index is 4.96. The molecule has 0 saturated carbocycles. The molecule has 0 atom stereocenters. The lowest BCUT2D eigenvalue weighted by molar-refractivity contribution is 0.400. The summed E-state index contributed by atoms with van der Waals surface area (Å²) in [6, 6.07) is 25.4. The van der Waals surface area contributed by atoms with E-state index in [9.17, 15) is 0 Å². The van der Waals surface area contributed by atoms with Crippen molar-refractivity contribution < 1.29 is 0 Å². The molecule has 2 aromatic heterocycles. The molecular formula is C24H25N3. The third kappa shape index (κ3) is 3.79. The Morgan fingerprint density at radius 1 is 0.815 bits per heavy atom. The van der Waals surface area contributed by atoms with Crippen LogP contribution in [0.25, 0.3) is 28.2 Å². The van der Waals surface area contributed by atoms with Gasteiger partial charge in [0, 0.05) is 17.3 Å². The molecule has 0 fully saturated rings. The SMILES string of the molecule is CN(C)CCCc1ccc2nc(-c3ccccc3)c(-c3ccccc3)n2c1. The van der Waals surface area contributed by atoms with Crippen LogP contribution in [0.2, 0.25) is 0 Å². The Morgan fingerprint density at radius 2 is 1.48 bits per heavy atom. The van der Waals surface area contributed by atoms with Crippen molar-refractivity contribution in [3.8, 4) is 22.5 Å². The van der Waals surface area contributed by atoms with E-state index >= 15 is 0 Å². The fourth-order valence-electron chi connectivity index (χ4n) is 3.51. The average Bonchev–Trinajstić information content (AvgIpc) is 3.08. The summed E-state index contributed by atoms with van der Waals surface area (Å²) >= 11 is 0. The third-order valence-electron chi connectivity index (χ3n) is 4.85. The maximum Gasteiger partial charge on any atom is 0.137 e. The Hall–Kier alpha value is -2.91. The Bertz CT molecular complexity index is 1020. The van der Waals surface area contributed by atoms with Crippen molar-refractivity contribution in [1.82, 2.24) is 14.3 Å². The van der Waals surface area contributed by atoms with E-state index in [1.807, 2.05) is 6.07 Å². The average molecular weight is 355 g/mol. The molecule has 2 heterocycles. The van der Waals surface area contributed by atoms with E-state index in [4.69, 9.17) is 4.98 Å². The Balaban J connectivity index is 1.83. The molecule has 0 aliphatic rings. The van der Waals surface area contributed by atoms with E-state index in [0.29, 0.717) is 0 Å². The van der Waals surface area contributed by atoms with Crippen LogP contribution >= 0.6 is 0 Å². The molecule has 3 nitrogen and oxygen atoms in total. The quantitative estimate of drug-likeness (QED) is 0.476. The van der Waals surface area contributed by atoms with Crippen LogP contribution in [0.15, 0.2) is 79.0 Å². The predicted molar refractivity (Wildman–Crippen MR) is 113 cm³/mol. The number of pyridine rings is 1. The van der Waals surface area contributed by atoms with E-state index < -0.39 is 0 Å². The summed E-state index contributed by atoms with van der Waals surface area (Å²) in [6.45, 7) is 1.10. The fourth-order valence-corrected chi connectivity index (χ4v) is 3.51. The van der Waals surface area contributed by atoms with Crippen LogP contribution in [0.3, 0.4) is 0 Å². The van der Waals surface area contributed by atoms with Crippen LogP contribution in [0.4, 0.5) is 0 Å². The summed E-state index contributed by atoms with van der Waals surface area (Å²) in [5, 5.41) is 0. The fraction of sp³-hybridized carbons (Fsp3) is 0.208. The standard InChI is InChI=1S/C24H25N3/c1-26(2)17-9-10-19-15-16-22-25-23(20-11-5-3-6-12-20)24(27(22)18-19)21-13-7-4-8-14-21/h3-8,11-16,18H,9-10,17H2,1-2H3. The summed E-state index contributed by atoms with van der Waals surface area (Å²) in [4.78, 5) is 7.20. The third-order valence-corrected chi connectivity index (χ3v) is 4.85. The maximum absolute atomic E-state index is 4.96. The second-order valence-electron chi connectivity index (χ2n) is 7.21. The Kier molecular flexibility index (Phi) is 5.03. The lowest BCUT2D eigenvalue weighted by Gasteiger charge is -2.10. The first-order chi connectivity index (χ1) is 13.2. The Morgan fingerprint density at radius 3 is 2.15 bits per heavy atom. The zero-order valence-corrected chi connectivity index (χ0v) is 16.0. The number of aryl methyl sites for hydroxylation is 1. The predicted octanol–water partition coefficient (Wildman–Crippen LogP) is 5.16. The van der Waals surface area contributed by atoms with Gasteiger partial charge in [-0.15, -0.1) is 0 Å². The monoisotopic (exact) mass is 355 g/mol. The minimum absolute atomic E-state index is 0.990. The number of hydrogen-bond donors (Lipinski definition) is 0. The number of rotatable bonds is 6. The van der Waals surface area contributed by atoms with Gasteiger partial charge in [-0.1, -0.05) is 66.7 Å². The van der Waals surface area contributed by atoms with Crippen LogP contribution in [0.5, 0.6) is 0 Å². The van der Waals surface area contributed by atoms with Crippen LogP contribution in [-0.2, 0) is 6.42 Å². The highest BCUT2D eigenvalue weighted by molar-refractivity contribution is 5.82. The first-order valence-electron chi connectivity index (χ1n) is 9.49. The van der Waals surface area contributed by atoms with Crippen molar-refractivity contribution in [2.45, 2.75) is 12.8 Å². The number of fused-ring (bicyclic) bond motifs is 1. The summed E-state index contributed by atoms with van der Waals surface area (Å²) < 4.78 is 2.25. The summed E-state index contributed by atoms with van der Waals surface area (Å²) in [5.41, 5.74) is 6.87. The van der Waals surface area contributed by atoms with E-state index in [0.717, 1.165) is 42.0 Å². The second-order valence-corrected chi connectivity index (χ2v) is 7.21. The minimum atomic E-state index is 0.990. The van der Waals surface area contributed by atoms with Gasteiger partial charge in [0.05, 0.1) is 11.4 Å². The highest BCUT2D eigenvalue weighted by atomic mass is 15.0. The molecule has 0 N–H and O–H groups in total. The lowest BCUT2D eigenvalue weighted by Crippen LogP contribution is -2.13. The van der Waals surface area contributed by atoms with Crippen molar-refractivity contribution in [2.24, 2.45) is 0 Å². The first-order valence-corrected chi connectivity index (χ1v) is 9.49. The van der Waals surface area contributed by atoms with Crippen molar-refractivity contribution in [3.05, 3.63) is 84.6 Å². The van der Waals surface area contributed by atoms with Gasteiger partial charge in [0.1, 0.15) is 5.65 Å². The van der Waals surface area contributed by atoms with Crippen LogP contribution in [-0.4, -0.2) is 34.9 Å². The molecule has 0 saturated heterocycles. The van der Waals surface area contributed by atoms with Gasteiger partial charge in [-0.2, -0.15) is 0 Å². The highest BCUT2D eigenvalue weighted by Crippen LogP contribution is 2.32. The smallest absolute Gasteiger partial charge is 0.137 e. The molecule has 0 amide bonds. The van der Waals surface area contributed by atoms with E-state index in [2.05, 4.69) is 96.3 Å². The first kappa shape index (κ1) is 17.5. The molecule has 3 heteroatoms. The van der Waals surface area contributed by atoms with Gasteiger partial charge in [-0.05, 0) is 45.1 Å². The molecule has 0 aliphatic carbocycles. The van der Waals surface area contributed by atoms with Gasteiger partial charge in [0.15, 0.2) is 0 Å². The van der Waals surface area contributed by atoms with Crippen molar-refractivity contribution in [2.75, 3.05) is 20.6 Å². The number of aromatic nitrogens is 2. The molecule has 4 aromatic rings. The molecule has 136 valence electrons. The highest BCUT2D eigenvalue weighted by Gasteiger charge is 2.15. The molecule has 0 radical (unpaired) electrons. The van der Waals surface area contributed by atoms with Crippen molar-refractivity contribution in [1.29, 1.82) is 0 Å². The zero-order valence-electron chi connectivity index (χ0n) is 16.0. The molecule has 27 heavy (non-hydrogen) atoms. The van der Waals surface area contributed by atoms with E-state index in [1.165, 1.54) is 11.1 Å². The minimum Gasteiger partial charge on any atom is -0.309 e. The normalized spacial score (nSPS) is 11.4. The van der Waals surface area contributed by atoms with E-state index in [-0.39, 0.29) is 0 Å². The van der Waals surface area contributed by atoms with Gasteiger partial charge >= 0.3 is 0 Å². The number of nitrogens with zero attached hydrogens (tertiary/aromatic N) is 3. The van der Waals surface area contributed by atoms with Crippen LogP contribution in [0, 0.1) is 0 Å². The topological polar surface area (TPSA) is 20.5 Å². The van der Waals surface area contributed by atoms with Crippen molar-refractivity contribution >= 4 is 5.65 Å². The summed E-state index contributed by atoms with van der Waals surface area (Å²) in [7, 11) is 4.25. The number of hydrogen-bond acceptors (Lipinski definition) is 2. The molecule has 4 rings (SSSR count). The zero-order chi connectivity index (χ0) is 18.6. The van der Waals surface area contributed by atoms with Crippen LogP contribution < -0.4 is 0 Å². The largest absolute Gasteiger partial charge is 0.309 e. The second kappa shape index (κ2) is 7.77.